The Morgan fingerprint density at radius 2 is 2.17 bits per heavy atom. The first-order chi connectivity index (χ1) is 8.66. The van der Waals surface area contributed by atoms with Crippen molar-refractivity contribution in [2.75, 3.05) is 12.3 Å². The monoisotopic (exact) mass is 246 g/mol. The van der Waals surface area contributed by atoms with E-state index in [-0.39, 0.29) is 5.91 Å². The molecule has 0 saturated carbocycles. The third-order valence-electron chi connectivity index (χ3n) is 2.47. The number of amides is 1. The predicted molar refractivity (Wildman–Crippen MR) is 67.9 cm³/mol. The predicted octanol–water partition coefficient (Wildman–Crippen LogP) is 0.856. The zero-order valence-electron chi connectivity index (χ0n) is 9.80. The lowest BCUT2D eigenvalue weighted by atomic mass is 10.2. The van der Waals surface area contributed by atoms with Crippen molar-refractivity contribution in [2.24, 2.45) is 5.73 Å². The van der Waals surface area contributed by atoms with Gasteiger partial charge in [0.05, 0.1) is 12.1 Å². The van der Waals surface area contributed by atoms with E-state index in [1.54, 1.807) is 12.1 Å². The van der Waals surface area contributed by atoms with Crippen LogP contribution in [0.5, 0.6) is 5.75 Å². The van der Waals surface area contributed by atoms with E-state index in [0.29, 0.717) is 31.0 Å². The van der Waals surface area contributed by atoms with Gasteiger partial charge in [-0.05, 0) is 24.6 Å². The molecule has 2 rings (SSSR count). The number of benzene rings is 1. The quantitative estimate of drug-likeness (QED) is 0.761. The van der Waals surface area contributed by atoms with Gasteiger partial charge in [-0.1, -0.05) is 0 Å². The van der Waals surface area contributed by atoms with E-state index >= 15 is 0 Å². The molecule has 1 heterocycles. The number of aromatic nitrogens is 2. The van der Waals surface area contributed by atoms with E-state index in [1.165, 1.54) is 6.33 Å². The number of nitrogens with two attached hydrogens (primary N) is 2. The first kappa shape index (κ1) is 12.1. The fourth-order valence-electron chi connectivity index (χ4n) is 1.58. The van der Waals surface area contributed by atoms with Gasteiger partial charge in [0, 0.05) is 11.8 Å². The maximum absolute atomic E-state index is 10.6. The number of ether oxygens (including phenoxy) is 1. The second kappa shape index (κ2) is 5.31. The lowest BCUT2D eigenvalue weighted by Gasteiger charge is -2.07. The van der Waals surface area contributed by atoms with Crippen molar-refractivity contribution >= 4 is 22.6 Å². The maximum Gasteiger partial charge on any atom is 0.217 e. The fraction of sp³-hybridized carbons (Fsp3) is 0.250. The summed E-state index contributed by atoms with van der Waals surface area (Å²) in [6.45, 7) is 0.433. The van der Waals surface area contributed by atoms with E-state index in [1.807, 2.05) is 6.07 Å². The smallest absolute Gasteiger partial charge is 0.217 e. The second-order valence-corrected chi connectivity index (χ2v) is 3.86. The van der Waals surface area contributed by atoms with Crippen LogP contribution in [-0.2, 0) is 4.79 Å². The number of carbonyl (C=O) groups is 1. The fourth-order valence-corrected chi connectivity index (χ4v) is 1.58. The molecule has 0 fully saturated rings. The Balaban J connectivity index is 2.06. The van der Waals surface area contributed by atoms with Gasteiger partial charge < -0.3 is 16.2 Å². The Kier molecular flexibility index (Phi) is 3.57. The first-order valence-corrected chi connectivity index (χ1v) is 5.58. The van der Waals surface area contributed by atoms with Gasteiger partial charge >= 0.3 is 0 Å². The molecule has 6 heteroatoms. The van der Waals surface area contributed by atoms with Crippen LogP contribution in [0.2, 0.25) is 0 Å². The summed E-state index contributed by atoms with van der Waals surface area (Å²) >= 11 is 0. The number of hydrogen-bond donors (Lipinski definition) is 2. The van der Waals surface area contributed by atoms with Crippen LogP contribution in [0.1, 0.15) is 12.8 Å². The van der Waals surface area contributed by atoms with E-state index in [9.17, 15) is 4.79 Å². The van der Waals surface area contributed by atoms with Crippen LogP contribution in [0.25, 0.3) is 10.9 Å². The number of anilines is 1. The minimum atomic E-state index is -0.324. The molecule has 0 aliphatic carbocycles. The third-order valence-corrected chi connectivity index (χ3v) is 2.47. The molecule has 0 aliphatic rings. The van der Waals surface area contributed by atoms with Crippen LogP contribution in [-0.4, -0.2) is 22.5 Å². The largest absolute Gasteiger partial charge is 0.494 e. The number of nitrogens with zero attached hydrogens (tertiary/aromatic N) is 2. The molecular formula is C12H14N4O2. The van der Waals surface area contributed by atoms with Crippen LogP contribution in [0.4, 0.5) is 5.82 Å². The summed E-state index contributed by atoms with van der Waals surface area (Å²) in [5, 5.41) is 0.755. The Bertz CT molecular complexity index is 571. The number of rotatable bonds is 5. The van der Waals surface area contributed by atoms with Gasteiger partial charge in [0.2, 0.25) is 5.91 Å². The molecule has 0 aliphatic heterocycles. The molecule has 6 nitrogen and oxygen atoms in total. The lowest BCUT2D eigenvalue weighted by Crippen LogP contribution is -2.11. The number of hydrogen-bond acceptors (Lipinski definition) is 5. The van der Waals surface area contributed by atoms with Crippen LogP contribution in [0.15, 0.2) is 24.5 Å². The summed E-state index contributed by atoms with van der Waals surface area (Å²) in [6, 6.07) is 5.41. The molecule has 18 heavy (non-hydrogen) atoms. The van der Waals surface area contributed by atoms with Gasteiger partial charge in [-0.25, -0.2) is 9.97 Å². The molecule has 94 valence electrons. The van der Waals surface area contributed by atoms with Crippen LogP contribution < -0.4 is 16.2 Å². The summed E-state index contributed by atoms with van der Waals surface area (Å²) in [5.41, 5.74) is 11.6. The normalized spacial score (nSPS) is 10.4. The van der Waals surface area contributed by atoms with Crippen LogP contribution in [0, 0.1) is 0 Å². The number of carbonyl (C=O) groups excluding carboxylic acids is 1. The Labute approximate surface area is 104 Å². The second-order valence-electron chi connectivity index (χ2n) is 3.86. The zero-order valence-corrected chi connectivity index (χ0v) is 9.80. The zero-order chi connectivity index (χ0) is 13.0. The molecule has 0 spiro atoms. The average molecular weight is 246 g/mol. The molecule has 0 bridgehead atoms. The molecule has 4 N–H and O–H groups in total. The van der Waals surface area contributed by atoms with Crippen molar-refractivity contribution in [3.8, 4) is 5.75 Å². The van der Waals surface area contributed by atoms with Crippen molar-refractivity contribution < 1.29 is 9.53 Å². The van der Waals surface area contributed by atoms with Gasteiger partial charge in [0.25, 0.3) is 0 Å². The SMILES string of the molecule is NC(=O)CCCOc1ccc2ncnc(N)c2c1. The van der Waals surface area contributed by atoms with Crippen molar-refractivity contribution in [3.05, 3.63) is 24.5 Å². The summed E-state index contributed by atoms with van der Waals surface area (Å²) in [7, 11) is 0. The molecule has 0 atom stereocenters. The molecule has 1 aromatic carbocycles. The van der Waals surface area contributed by atoms with E-state index < -0.39 is 0 Å². The molecule has 0 unspecified atom stereocenters. The standard InChI is InChI=1S/C12H14N4O2/c13-11(17)2-1-5-18-8-3-4-10-9(6-8)12(14)16-7-15-10/h3-4,6-7H,1-2,5H2,(H2,13,17)(H2,14,15,16). The average Bonchev–Trinajstić information content (AvgIpc) is 2.35. The summed E-state index contributed by atoms with van der Waals surface area (Å²) in [5.74, 6) is 0.769. The maximum atomic E-state index is 10.6. The van der Waals surface area contributed by atoms with Gasteiger partial charge in [0.15, 0.2) is 0 Å². The number of fused-ring (bicyclic) bond motifs is 1. The minimum absolute atomic E-state index is 0.318. The van der Waals surface area contributed by atoms with Crippen molar-refractivity contribution in [3.63, 3.8) is 0 Å². The van der Waals surface area contributed by atoms with Crippen molar-refractivity contribution in [1.29, 1.82) is 0 Å². The molecule has 0 radical (unpaired) electrons. The molecule has 1 amide bonds. The third kappa shape index (κ3) is 2.85. The highest BCUT2D eigenvalue weighted by Gasteiger charge is 2.03. The summed E-state index contributed by atoms with van der Waals surface area (Å²) in [4.78, 5) is 18.6. The first-order valence-electron chi connectivity index (χ1n) is 5.58. The highest BCUT2D eigenvalue weighted by atomic mass is 16.5. The molecular weight excluding hydrogens is 232 g/mol. The lowest BCUT2D eigenvalue weighted by molar-refractivity contribution is -0.118. The van der Waals surface area contributed by atoms with Gasteiger partial charge in [-0.2, -0.15) is 0 Å². The van der Waals surface area contributed by atoms with Gasteiger partial charge in [0.1, 0.15) is 17.9 Å². The molecule has 0 saturated heterocycles. The molecule has 1 aromatic heterocycles. The highest BCUT2D eigenvalue weighted by Crippen LogP contribution is 2.22. The minimum Gasteiger partial charge on any atom is -0.494 e. The number of primary amides is 1. The summed E-state index contributed by atoms with van der Waals surface area (Å²) < 4.78 is 5.50. The van der Waals surface area contributed by atoms with Crippen molar-refractivity contribution in [1.82, 2.24) is 9.97 Å². The Morgan fingerprint density at radius 3 is 2.94 bits per heavy atom. The Morgan fingerprint density at radius 1 is 1.33 bits per heavy atom. The highest BCUT2D eigenvalue weighted by molar-refractivity contribution is 5.88. The van der Waals surface area contributed by atoms with Gasteiger partial charge in [-0.15, -0.1) is 0 Å². The van der Waals surface area contributed by atoms with Crippen LogP contribution in [0.3, 0.4) is 0 Å². The molecule has 2 aromatic rings. The Hall–Kier alpha value is -2.37. The van der Waals surface area contributed by atoms with Crippen LogP contribution >= 0.6 is 0 Å². The van der Waals surface area contributed by atoms with Crippen molar-refractivity contribution in [2.45, 2.75) is 12.8 Å². The van der Waals surface area contributed by atoms with E-state index in [2.05, 4.69) is 9.97 Å². The topological polar surface area (TPSA) is 104 Å². The van der Waals surface area contributed by atoms with E-state index in [4.69, 9.17) is 16.2 Å². The summed E-state index contributed by atoms with van der Waals surface area (Å²) in [6.07, 6.45) is 2.33. The van der Waals surface area contributed by atoms with Gasteiger partial charge in [-0.3, -0.25) is 4.79 Å². The number of nitrogen functional groups attached to an aromatic ring is 1. The van der Waals surface area contributed by atoms with E-state index in [0.717, 1.165) is 10.9 Å².